The number of carboxylic acid groups (broad SMARTS) is 1. The van der Waals surface area contributed by atoms with Gasteiger partial charge in [-0.3, -0.25) is 4.79 Å². The lowest BCUT2D eigenvalue weighted by Crippen LogP contribution is -2.67. The largest absolute Gasteiger partial charge is 0.481 e. The summed E-state index contributed by atoms with van der Waals surface area (Å²) in [4.78, 5) is 25.4. The molecule has 5 nitrogen and oxygen atoms in total. The van der Waals surface area contributed by atoms with Gasteiger partial charge in [-0.15, -0.1) is 0 Å². The maximum Gasteiger partial charge on any atom is 0.322 e. The number of nitrogens with one attached hydrogen (secondary N) is 1. The standard InChI is InChI=1S/C21H19FN2O3/c22-16-4-1-13-8-24(9-14(13)7-16)19(27)23-17-5-2-15(3-6-17)20-10-21(11-20,12-20)18(25)26/h1-7H,8-12H2,(H,23,27)(H,25,26). The Bertz CT molecular complexity index is 950. The Balaban J connectivity index is 1.23. The number of nitrogens with zero attached hydrogens (tertiary/aromatic N) is 1. The van der Waals surface area contributed by atoms with Gasteiger partial charge in [-0.05, 0) is 65.6 Å². The van der Waals surface area contributed by atoms with Crippen LogP contribution in [0, 0.1) is 11.2 Å². The third kappa shape index (κ3) is 2.36. The van der Waals surface area contributed by atoms with E-state index < -0.39 is 11.4 Å². The molecule has 4 aliphatic rings. The molecule has 6 rings (SSSR count). The molecule has 1 heterocycles. The number of carboxylic acids is 1. The second-order valence-corrected chi connectivity index (χ2v) is 8.17. The lowest BCUT2D eigenvalue weighted by atomic mass is 9.33. The first kappa shape index (κ1) is 16.3. The van der Waals surface area contributed by atoms with E-state index in [1.807, 2.05) is 24.3 Å². The van der Waals surface area contributed by atoms with Crippen LogP contribution in [0.4, 0.5) is 14.9 Å². The van der Waals surface area contributed by atoms with Crippen LogP contribution < -0.4 is 5.32 Å². The maximum absolute atomic E-state index is 13.3. The average Bonchev–Trinajstić information content (AvgIpc) is 2.97. The van der Waals surface area contributed by atoms with Crippen LogP contribution in [0.5, 0.6) is 0 Å². The van der Waals surface area contributed by atoms with Gasteiger partial charge in [0.1, 0.15) is 5.82 Å². The molecule has 0 radical (unpaired) electrons. The number of benzene rings is 2. The Morgan fingerprint density at radius 1 is 1.00 bits per heavy atom. The molecule has 0 atom stereocenters. The second kappa shape index (κ2) is 5.31. The highest BCUT2D eigenvalue weighted by atomic mass is 19.1. The van der Waals surface area contributed by atoms with Crippen molar-refractivity contribution in [3.63, 3.8) is 0 Å². The van der Waals surface area contributed by atoms with E-state index >= 15 is 0 Å². The first-order chi connectivity index (χ1) is 12.9. The third-order valence-corrected chi connectivity index (χ3v) is 6.41. The Morgan fingerprint density at radius 3 is 2.33 bits per heavy atom. The zero-order chi connectivity index (χ0) is 18.8. The monoisotopic (exact) mass is 366 g/mol. The first-order valence-corrected chi connectivity index (χ1v) is 9.06. The number of carbonyl (C=O) groups excluding carboxylic acids is 1. The predicted molar refractivity (Wildman–Crippen MR) is 96.7 cm³/mol. The summed E-state index contributed by atoms with van der Waals surface area (Å²) in [7, 11) is 0. The summed E-state index contributed by atoms with van der Waals surface area (Å²) in [5, 5.41) is 12.1. The molecule has 2 N–H and O–H groups in total. The van der Waals surface area contributed by atoms with Crippen molar-refractivity contribution in [2.24, 2.45) is 5.41 Å². The maximum atomic E-state index is 13.3. The molecule has 0 unspecified atom stereocenters. The van der Waals surface area contributed by atoms with Crippen LogP contribution in [-0.2, 0) is 23.3 Å². The lowest BCUT2D eigenvalue weighted by molar-refractivity contribution is -0.194. The number of hydrogen-bond donors (Lipinski definition) is 2. The number of amides is 2. The van der Waals surface area contributed by atoms with Gasteiger partial charge in [0.25, 0.3) is 0 Å². The summed E-state index contributed by atoms with van der Waals surface area (Å²) in [6.45, 7) is 0.872. The summed E-state index contributed by atoms with van der Waals surface area (Å²) >= 11 is 0. The zero-order valence-electron chi connectivity index (χ0n) is 14.7. The number of anilines is 1. The topological polar surface area (TPSA) is 69.6 Å². The summed E-state index contributed by atoms with van der Waals surface area (Å²) in [6, 6.07) is 12.1. The van der Waals surface area contributed by atoms with Gasteiger partial charge < -0.3 is 15.3 Å². The molecule has 27 heavy (non-hydrogen) atoms. The fourth-order valence-corrected chi connectivity index (χ4v) is 4.94. The van der Waals surface area contributed by atoms with Gasteiger partial charge in [0.15, 0.2) is 0 Å². The van der Waals surface area contributed by atoms with Crippen LogP contribution in [0.3, 0.4) is 0 Å². The normalized spacial score (nSPS) is 27.4. The molecule has 0 aromatic heterocycles. The lowest BCUT2D eigenvalue weighted by Gasteiger charge is -2.68. The van der Waals surface area contributed by atoms with E-state index in [1.165, 1.54) is 12.1 Å². The number of fused-ring (bicyclic) bond motifs is 1. The van der Waals surface area contributed by atoms with Crippen molar-refractivity contribution in [2.75, 3.05) is 5.32 Å². The molecule has 3 saturated carbocycles. The van der Waals surface area contributed by atoms with E-state index in [9.17, 15) is 19.1 Å². The summed E-state index contributed by atoms with van der Waals surface area (Å²) in [5.74, 6) is -0.968. The number of halogens is 1. The number of urea groups is 1. The van der Waals surface area contributed by atoms with Gasteiger partial charge in [0.05, 0.1) is 5.41 Å². The van der Waals surface area contributed by atoms with Crippen LogP contribution in [0.1, 0.15) is 36.0 Å². The van der Waals surface area contributed by atoms with E-state index in [1.54, 1.807) is 11.0 Å². The molecule has 3 aliphatic carbocycles. The smallest absolute Gasteiger partial charge is 0.322 e. The van der Waals surface area contributed by atoms with Crippen molar-refractivity contribution >= 4 is 17.7 Å². The third-order valence-electron chi connectivity index (χ3n) is 6.41. The van der Waals surface area contributed by atoms with Crippen molar-refractivity contribution in [3.05, 3.63) is 65.0 Å². The number of carbonyl (C=O) groups is 2. The Morgan fingerprint density at radius 2 is 1.67 bits per heavy atom. The molecular formula is C21H19FN2O3. The molecule has 2 aromatic rings. The van der Waals surface area contributed by atoms with Gasteiger partial charge in [0.2, 0.25) is 0 Å². The quantitative estimate of drug-likeness (QED) is 0.866. The number of rotatable bonds is 3. The van der Waals surface area contributed by atoms with Gasteiger partial charge in [0, 0.05) is 18.8 Å². The van der Waals surface area contributed by atoms with Crippen LogP contribution >= 0.6 is 0 Å². The fourth-order valence-electron chi connectivity index (χ4n) is 4.94. The number of hydrogen-bond acceptors (Lipinski definition) is 2. The summed E-state index contributed by atoms with van der Waals surface area (Å²) < 4.78 is 13.3. The Labute approximate surface area is 155 Å². The van der Waals surface area contributed by atoms with E-state index in [-0.39, 0.29) is 17.3 Å². The molecule has 0 spiro atoms. The van der Waals surface area contributed by atoms with Gasteiger partial charge in [-0.2, -0.15) is 0 Å². The Hall–Kier alpha value is -2.89. The van der Waals surface area contributed by atoms with E-state index in [0.29, 0.717) is 38.0 Å². The van der Waals surface area contributed by atoms with Crippen molar-refractivity contribution in [1.29, 1.82) is 0 Å². The minimum absolute atomic E-state index is 0.0155. The second-order valence-electron chi connectivity index (χ2n) is 8.17. The van der Waals surface area contributed by atoms with Crippen molar-refractivity contribution in [2.45, 2.75) is 37.8 Å². The molecular weight excluding hydrogens is 347 g/mol. The van der Waals surface area contributed by atoms with E-state index in [2.05, 4.69) is 5.32 Å². The summed E-state index contributed by atoms with van der Waals surface area (Å²) in [6.07, 6.45) is 2.14. The zero-order valence-corrected chi connectivity index (χ0v) is 14.7. The SMILES string of the molecule is O=C(Nc1ccc(C23CC(C(=O)O)(C2)C3)cc1)N1Cc2ccc(F)cc2C1. The van der Waals surface area contributed by atoms with E-state index in [4.69, 9.17) is 0 Å². The van der Waals surface area contributed by atoms with Crippen molar-refractivity contribution in [1.82, 2.24) is 4.90 Å². The van der Waals surface area contributed by atoms with Crippen molar-refractivity contribution in [3.8, 4) is 0 Å². The molecule has 0 saturated heterocycles. The molecule has 2 aromatic carbocycles. The van der Waals surface area contributed by atoms with E-state index in [0.717, 1.165) is 16.7 Å². The van der Waals surface area contributed by atoms with Gasteiger partial charge in [-0.1, -0.05) is 18.2 Å². The van der Waals surface area contributed by atoms with Crippen LogP contribution in [0.25, 0.3) is 0 Å². The van der Waals surface area contributed by atoms with Gasteiger partial charge in [-0.25, -0.2) is 9.18 Å². The van der Waals surface area contributed by atoms with Crippen LogP contribution in [-0.4, -0.2) is 22.0 Å². The molecule has 1 aliphatic heterocycles. The van der Waals surface area contributed by atoms with Crippen LogP contribution in [0.15, 0.2) is 42.5 Å². The number of aliphatic carboxylic acids is 1. The van der Waals surface area contributed by atoms with Gasteiger partial charge >= 0.3 is 12.0 Å². The fraction of sp³-hybridized carbons (Fsp3) is 0.333. The first-order valence-electron chi connectivity index (χ1n) is 9.06. The molecule has 6 heteroatoms. The highest BCUT2D eigenvalue weighted by molar-refractivity contribution is 5.89. The minimum Gasteiger partial charge on any atom is -0.481 e. The molecule has 3 fully saturated rings. The molecule has 138 valence electrons. The average molecular weight is 366 g/mol. The van der Waals surface area contributed by atoms with Crippen LogP contribution in [0.2, 0.25) is 0 Å². The predicted octanol–water partition coefficient (Wildman–Crippen LogP) is 3.88. The summed E-state index contributed by atoms with van der Waals surface area (Å²) in [5.41, 5.74) is 3.19. The van der Waals surface area contributed by atoms with Crippen molar-refractivity contribution < 1.29 is 19.1 Å². The highest BCUT2D eigenvalue weighted by Gasteiger charge is 2.72. The molecule has 2 bridgehead atoms. The highest BCUT2D eigenvalue weighted by Crippen LogP contribution is 2.73. The minimum atomic E-state index is -0.681. The molecule has 2 amide bonds. The Kier molecular flexibility index (Phi) is 3.21.